The first-order valence-corrected chi connectivity index (χ1v) is 9.81. The third kappa shape index (κ3) is 4.91. The molecule has 0 bridgehead atoms. The van der Waals surface area contributed by atoms with Crippen molar-refractivity contribution in [1.82, 2.24) is 4.90 Å². The lowest BCUT2D eigenvalue weighted by molar-refractivity contribution is -0.121. The van der Waals surface area contributed by atoms with Gasteiger partial charge in [0.25, 0.3) is 0 Å². The molecule has 1 aliphatic heterocycles. The number of benzene rings is 2. The lowest BCUT2D eigenvalue weighted by Gasteiger charge is -2.31. The predicted molar refractivity (Wildman–Crippen MR) is 111 cm³/mol. The maximum Gasteiger partial charge on any atom is 0.338 e. The van der Waals surface area contributed by atoms with Crippen molar-refractivity contribution in [1.29, 1.82) is 0 Å². The number of nitrogens with zero attached hydrogens (tertiary/aromatic N) is 1. The van der Waals surface area contributed by atoms with E-state index in [4.69, 9.17) is 16.3 Å². The number of likely N-dealkylation sites (tertiary alicyclic amines) is 1. The van der Waals surface area contributed by atoms with Crippen LogP contribution >= 0.6 is 11.6 Å². The van der Waals surface area contributed by atoms with E-state index in [0.29, 0.717) is 11.3 Å². The standard InChI is InChI=1S/C22H25ClN2O3/c1-15-19(22(27)28-2)4-3-5-20(15)24-21(26)17-10-12-25(13-11-17)14-16-6-8-18(23)9-7-16/h3-9,17H,10-14H2,1-2H3,(H,24,26). The lowest BCUT2D eigenvalue weighted by Crippen LogP contribution is -2.37. The van der Waals surface area contributed by atoms with Crippen molar-refractivity contribution in [2.45, 2.75) is 26.3 Å². The maximum absolute atomic E-state index is 12.7. The van der Waals surface area contributed by atoms with Crippen LogP contribution in [0.3, 0.4) is 0 Å². The number of carbonyl (C=O) groups excluding carboxylic acids is 2. The molecule has 1 heterocycles. The quantitative estimate of drug-likeness (QED) is 0.761. The Labute approximate surface area is 170 Å². The van der Waals surface area contributed by atoms with Crippen molar-refractivity contribution in [2.24, 2.45) is 5.92 Å². The highest BCUT2D eigenvalue weighted by Crippen LogP contribution is 2.24. The number of amides is 1. The van der Waals surface area contributed by atoms with Crippen molar-refractivity contribution in [3.63, 3.8) is 0 Å². The Morgan fingerprint density at radius 1 is 1.14 bits per heavy atom. The molecule has 0 spiro atoms. The summed E-state index contributed by atoms with van der Waals surface area (Å²) < 4.78 is 4.80. The van der Waals surface area contributed by atoms with Crippen molar-refractivity contribution in [2.75, 3.05) is 25.5 Å². The molecule has 1 fully saturated rings. The lowest BCUT2D eigenvalue weighted by atomic mass is 9.95. The summed E-state index contributed by atoms with van der Waals surface area (Å²) in [7, 11) is 1.35. The Morgan fingerprint density at radius 2 is 1.82 bits per heavy atom. The van der Waals surface area contributed by atoms with Crippen LogP contribution in [0, 0.1) is 12.8 Å². The number of piperidine rings is 1. The Balaban J connectivity index is 1.55. The highest BCUT2D eigenvalue weighted by molar-refractivity contribution is 6.30. The molecule has 3 rings (SSSR count). The van der Waals surface area contributed by atoms with Gasteiger partial charge in [0.15, 0.2) is 0 Å². The van der Waals surface area contributed by atoms with E-state index in [-0.39, 0.29) is 11.8 Å². The molecule has 0 atom stereocenters. The number of hydrogen-bond donors (Lipinski definition) is 1. The summed E-state index contributed by atoms with van der Waals surface area (Å²) in [5.41, 5.74) is 3.08. The molecule has 2 aromatic rings. The minimum absolute atomic E-state index is 0.0104. The second-order valence-electron chi connectivity index (χ2n) is 7.14. The zero-order chi connectivity index (χ0) is 20.1. The Hall–Kier alpha value is -2.37. The van der Waals surface area contributed by atoms with Gasteiger partial charge in [-0.1, -0.05) is 29.8 Å². The van der Waals surface area contributed by atoms with Gasteiger partial charge in [-0.2, -0.15) is 0 Å². The first-order valence-electron chi connectivity index (χ1n) is 9.43. The van der Waals surface area contributed by atoms with Crippen LogP contribution in [0.4, 0.5) is 5.69 Å². The van der Waals surface area contributed by atoms with Crippen molar-refractivity contribution in [3.05, 3.63) is 64.2 Å². The molecule has 0 unspecified atom stereocenters. The number of carbonyl (C=O) groups is 2. The summed E-state index contributed by atoms with van der Waals surface area (Å²) in [6.07, 6.45) is 1.63. The monoisotopic (exact) mass is 400 g/mol. The SMILES string of the molecule is COC(=O)c1cccc(NC(=O)C2CCN(Cc3ccc(Cl)cc3)CC2)c1C. The van der Waals surface area contributed by atoms with Crippen LogP contribution < -0.4 is 5.32 Å². The van der Waals surface area contributed by atoms with Crippen LogP contribution in [0.5, 0.6) is 0 Å². The van der Waals surface area contributed by atoms with Crippen molar-refractivity contribution in [3.8, 4) is 0 Å². The molecule has 28 heavy (non-hydrogen) atoms. The van der Waals surface area contributed by atoms with Crippen molar-refractivity contribution < 1.29 is 14.3 Å². The van der Waals surface area contributed by atoms with E-state index in [1.54, 1.807) is 12.1 Å². The number of anilines is 1. The normalized spacial score (nSPS) is 15.2. The van der Waals surface area contributed by atoms with E-state index >= 15 is 0 Å². The third-order valence-electron chi connectivity index (χ3n) is 5.27. The third-order valence-corrected chi connectivity index (χ3v) is 5.53. The number of rotatable bonds is 5. The first-order chi connectivity index (χ1) is 13.5. The number of hydrogen-bond acceptors (Lipinski definition) is 4. The summed E-state index contributed by atoms with van der Waals surface area (Å²) in [5.74, 6) is -0.414. The fourth-order valence-electron chi connectivity index (χ4n) is 3.54. The summed E-state index contributed by atoms with van der Waals surface area (Å²) in [6, 6.07) is 13.2. The van der Waals surface area contributed by atoms with Crippen molar-refractivity contribution >= 4 is 29.2 Å². The van der Waals surface area contributed by atoms with Crippen LogP contribution in [-0.2, 0) is 16.1 Å². The number of methoxy groups -OCH3 is 1. The van der Waals surface area contributed by atoms with Gasteiger partial charge >= 0.3 is 5.97 Å². The molecule has 0 aliphatic carbocycles. The average molecular weight is 401 g/mol. The molecule has 1 amide bonds. The van der Waals surface area contributed by atoms with Crippen LogP contribution in [-0.4, -0.2) is 37.0 Å². The molecule has 1 saturated heterocycles. The summed E-state index contributed by atoms with van der Waals surface area (Å²) in [5, 5.41) is 3.73. The molecule has 0 radical (unpaired) electrons. The molecular formula is C22H25ClN2O3. The van der Waals surface area contributed by atoms with Crippen LogP contribution in [0.25, 0.3) is 0 Å². The largest absolute Gasteiger partial charge is 0.465 e. The molecular weight excluding hydrogens is 376 g/mol. The molecule has 5 nitrogen and oxygen atoms in total. The smallest absolute Gasteiger partial charge is 0.338 e. The molecule has 6 heteroatoms. The molecule has 0 saturated carbocycles. The first kappa shape index (κ1) is 20.4. The molecule has 2 aromatic carbocycles. The van der Waals surface area contributed by atoms with E-state index in [1.807, 2.05) is 37.3 Å². The minimum atomic E-state index is -0.399. The van der Waals surface area contributed by atoms with Gasteiger partial charge in [0.1, 0.15) is 0 Å². The van der Waals surface area contributed by atoms with Crippen LogP contribution in [0.2, 0.25) is 5.02 Å². The Bertz CT molecular complexity index is 843. The van der Waals surface area contributed by atoms with Crippen LogP contribution in [0.1, 0.15) is 34.3 Å². The number of esters is 1. The predicted octanol–water partition coefficient (Wildman–Crippen LogP) is 4.29. The highest BCUT2D eigenvalue weighted by Gasteiger charge is 2.25. The summed E-state index contributed by atoms with van der Waals surface area (Å²) in [6.45, 7) is 4.44. The van der Waals surface area contributed by atoms with E-state index in [0.717, 1.165) is 43.1 Å². The Morgan fingerprint density at radius 3 is 2.46 bits per heavy atom. The minimum Gasteiger partial charge on any atom is -0.465 e. The molecule has 148 valence electrons. The van der Waals surface area contributed by atoms with Gasteiger partial charge in [-0.25, -0.2) is 4.79 Å². The number of halogens is 1. The van der Waals surface area contributed by atoms with Gasteiger partial charge in [0.2, 0.25) is 5.91 Å². The van der Waals surface area contributed by atoms with Gasteiger partial charge in [-0.3, -0.25) is 9.69 Å². The molecule has 1 N–H and O–H groups in total. The van der Waals surface area contributed by atoms with Gasteiger partial charge in [-0.15, -0.1) is 0 Å². The van der Waals surface area contributed by atoms with E-state index in [9.17, 15) is 9.59 Å². The number of nitrogens with one attached hydrogen (secondary N) is 1. The molecule has 0 aromatic heterocycles. The summed E-state index contributed by atoms with van der Waals surface area (Å²) in [4.78, 5) is 26.9. The van der Waals surface area contributed by atoms with Crippen LogP contribution in [0.15, 0.2) is 42.5 Å². The number of ether oxygens (including phenoxy) is 1. The second kappa shape index (κ2) is 9.22. The topological polar surface area (TPSA) is 58.6 Å². The highest BCUT2D eigenvalue weighted by atomic mass is 35.5. The van der Waals surface area contributed by atoms with Gasteiger partial charge in [0.05, 0.1) is 12.7 Å². The van der Waals surface area contributed by atoms with Gasteiger partial charge < -0.3 is 10.1 Å². The Kier molecular flexibility index (Phi) is 6.70. The van der Waals surface area contributed by atoms with E-state index < -0.39 is 5.97 Å². The zero-order valence-electron chi connectivity index (χ0n) is 16.2. The maximum atomic E-state index is 12.7. The fourth-order valence-corrected chi connectivity index (χ4v) is 3.66. The van der Waals surface area contributed by atoms with E-state index in [2.05, 4.69) is 10.2 Å². The van der Waals surface area contributed by atoms with E-state index in [1.165, 1.54) is 12.7 Å². The zero-order valence-corrected chi connectivity index (χ0v) is 17.0. The van der Waals surface area contributed by atoms with Gasteiger partial charge in [0, 0.05) is 23.2 Å². The summed E-state index contributed by atoms with van der Waals surface area (Å²) >= 11 is 5.94. The molecule has 1 aliphatic rings. The fraction of sp³-hybridized carbons (Fsp3) is 0.364. The second-order valence-corrected chi connectivity index (χ2v) is 7.57. The average Bonchev–Trinajstić information content (AvgIpc) is 2.71. The van der Waals surface area contributed by atoms with Gasteiger partial charge in [-0.05, 0) is 68.2 Å².